The molecule has 0 atom stereocenters. The minimum absolute atomic E-state index is 0.133. The second kappa shape index (κ2) is 4.94. The van der Waals surface area contributed by atoms with Crippen LogP contribution in [-0.4, -0.2) is 17.6 Å². The van der Waals surface area contributed by atoms with Gasteiger partial charge in [0, 0.05) is 0 Å². The van der Waals surface area contributed by atoms with Crippen molar-refractivity contribution in [1.82, 2.24) is 4.98 Å². The molecule has 0 saturated carbocycles. The summed E-state index contributed by atoms with van der Waals surface area (Å²) in [5, 5.41) is 0. The molecule has 94 valence electrons. The molecule has 0 unspecified atom stereocenters. The highest BCUT2D eigenvalue weighted by molar-refractivity contribution is 9.10. The zero-order valence-corrected chi connectivity index (χ0v) is 9.35. The summed E-state index contributed by atoms with van der Waals surface area (Å²) in [6, 6.07) is 0.531. The van der Waals surface area contributed by atoms with Gasteiger partial charge in [0.25, 0.3) is 6.43 Å². The summed E-state index contributed by atoms with van der Waals surface area (Å²) in [4.78, 5) is 13.6. The van der Waals surface area contributed by atoms with Crippen LogP contribution in [0.5, 0.6) is 5.75 Å². The van der Waals surface area contributed by atoms with Crippen LogP contribution in [0.25, 0.3) is 0 Å². The van der Waals surface area contributed by atoms with Crippen LogP contribution in [0.2, 0.25) is 0 Å². The van der Waals surface area contributed by atoms with Crippen LogP contribution in [0.1, 0.15) is 22.5 Å². The molecule has 0 saturated heterocycles. The zero-order valence-electron chi connectivity index (χ0n) is 7.76. The Morgan fingerprint density at radius 3 is 2.41 bits per heavy atom. The molecule has 0 spiro atoms. The second-order valence-electron chi connectivity index (χ2n) is 2.72. The van der Waals surface area contributed by atoms with Crippen molar-refractivity contribution in [2.24, 2.45) is 0 Å². The first-order valence-electron chi connectivity index (χ1n) is 3.94. The summed E-state index contributed by atoms with van der Waals surface area (Å²) in [5.74, 6) is -1.15. The van der Waals surface area contributed by atoms with E-state index in [4.69, 9.17) is 0 Å². The molecule has 1 aromatic rings. The van der Waals surface area contributed by atoms with Crippen LogP contribution >= 0.6 is 15.9 Å². The van der Waals surface area contributed by atoms with E-state index in [-0.39, 0.29) is 6.29 Å². The van der Waals surface area contributed by atoms with Gasteiger partial charge in [-0.15, -0.1) is 13.2 Å². The average molecular weight is 320 g/mol. The molecule has 0 aliphatic heterocycles. The number of aromatic nitrogens is 1. The van der Waals surface area contributed by atoms with Crippen molar-refractivity contribution < 1.29 is 31.5 Å². The molecule has 0 fully saturated rings. The number of rotatable bonds is 3. The van der Waals surface area contributed by atoms with Crippen molar-refractivity contribution in [1.29, 1.82) is 0 Å². The lowest BCUT2D eigenvalue weighted by molar-refractivity contribution is -0.275. The van der Waals surface area contributed by atoms with E-state index in [9.17, 15) is 26.7 Å². The third-order valence-corrected chi connectivity index (χ3v) is 2.09. The molecule has 0 bridgehead atoms. The van der Waals surface area contributed by atoms with Crippen LogP contribution in [-0.2, 0) is 0 Å². The molecular formula is C8H3BrF5NO2. The maximum absolute atomic E-state index is 12.5. The normalized spacial score (nSPS) is 11.7. The van der Waals surface area contributed by atoms with Gasteiger partial charge in [0.1, 0.15) is 10.3 Å². The van der Waals surface area contributed by atoms with Gasteiger partial charge in [0.05, 0.1) is 5.56 Å². The number of ether oxygens (including phenoxy) is 1. The minimum Gasteiger partial charge on any atom is -0.402 e. The van der Waals surface area contributed by atoms with Gasteiger partial charge >= 0.3 is 6.36 Å². The van der Waals surface area contributed by atoms with E-state index in [0.717, 1.165) is 0 Å². The number of aldehydes is 1. The topological polar surface area (TPSA) is 39.2 Å². The smallest absolute Gasteiger partial charge is 0.402 e. The van der Waals surface area contributed by atoms with Gasteiger partial charge in [-0.1, -0.05) is 0 Å². The molecule has 1 aromatic heterocycles. The van der Waals surface area contributed by atoms with E-state index >= 15 is 0 Å². The summed E-state index contributed by atoms with van der Waals surface area (Å²) in [6.45, 7) is 0. The van der Waals surface area contributed by atoms with Crippen LogP contribution in [0.3, 0.4) is 0 Å². The molecule has 17 heavy (non-hydrogen) atoms. The fraction of sp³-hybridized carbons (Fsp3) is 0.250. The highest BCUT2D eigenvalue weighted by atomic mass is 79.9. The Labute approximate surface area is 99.7 Å². The molecule has 0 amide bonds. The fourth-order valence-electron chi connectivity index (χ4n) is 0.980. The van der Waals surface area contributed by atoms with Crippen LogP contribution in [0.4, 0.5) is 22.0 Å². The van der Waals surface area contributed by atoms with Crippen molar-refractivity contribution in [2.45, 2.75) is 12.8 Å². The molecule has 0 radical (unpaired) electrons. The Kier molecular flexibility index (Phi) is 4.02. The van der Waals surface area contributed by atoms with Gasteiger partial charge in [-0.2, -0.15) is 0 Å². The van der Waals surface area contributed by atoms with Crippen molar-refractivity contribution >= 4 is 22.2 Å². The lowest BCUT2D eigenvalue weighted by atomic mass is 10.2. The van der Waals surface area contributed by atoms with Gasteiger partial charge in [0.15, 0.2) is 12.0 Å². The summed E-state index contributed by atoms with van der Waals surface area (Å²) >= 11 is 2.53. The van der Waals surface area contributed by atoms with Crippen molar-refractivity contribution in [3.8, 4) is 5.75 Å². The monoisotopic (exact) mass is 319 g/mol. The number of pyridine rings is 1. The van der Waals surface area contributed by atoms with E-state index in [2.05, 4.69) is 25.7 Å². The first-order chi connectivity index (χ1) is 7.74. The number of nitrogens with zero attached hydrogens (tertiary/aromatic N) is 1. The third kappa shape index (κ3) is 3.62. The Balaban J connectivity index is 3.31. The summed E-state index contributed by atoms with van der Waals surface area (Å²) in [5.41, 5.74) is -1.49. The molecule has 0 N–H and O–H groups in total. The van der Waals surface area contributed by atoms with E-state index in [0.29, 0.717) is 6.07 Å². The van der Waals surface area contributed by atoms with Gasteiger partial charge in [-0.05, 0) is 22.0 Å². The molecule has 1 heterocycles. The quantitative estimate of drug-likeness (QED) is 0.486. The van der Waals surface area contributed by atoms with Crippen LogP contribution < -0.4 is 4.74 Å². The Morgan fingerprint density at radius 2 is 2.00 bits per heavy atom. The lowest BCUT2D eigenvalue weighted by Gasteiger charge is -2.14. The number of carbonyl (C=O) groups is 1. The third-order valence-electron chi connectivity index (χ3n) is 1.55. The van der Waals surface area contributed by atoms with Crippen LogP contribution in [0.15, 0.2) is 10.7 Å². The molecule has 0 aromatic carbocycles. The standard InChI is InChI=1S/C8H3BrF5NO2/c9-6-5(17-8(12,13)14)4(7(10)11)1-3(2-16)15-6/h1-2,7H. The van der Waals surface area contributed by atoms with Gasteiger partial charge < -0.3 is 4.74 Å². The number of carbonyl (C=O) groups excluding carboxylic acids is 1. The van der Waals surface area contributed by atoms with E-state index in [1.807, 2.05) is 0 Å². The number of hydrogen-bond acceptors (Lipinski definition) is 3. The second-order valence-corrected chi connectivity index (χ2v) is 3.47. The van der Waals surface area contributed by atoms with Crippen LogP contribution in [0, 0.1) is 0 Å². The highest BCUT2D eigenvalue weighted by Crippen LogP contribution is 2.37. The number of halogens is 6. The Bertz CT molecular complexity index is 435. The van der Waals surface area contributed by atoms with Crippen molar-refractivity contribution in [3.63, 3.8) is 0 Å². The SMILES string of the molecule is O=Cc1cc(C(F)F)c(OC(F)(F)F)c(Br)n1. The summed E-state index contributed by atoms with van der Waals surface area (Å²) in [6.07, 6.45) is -8.23. The maximum atomic E-state index is 12.5. The predicted octanol–water partition coefficient (Wildman–Crippen LogP) is 3.49. The maximum Gasteiger partial charge on any atom is 0.573 e. The highest BCUT2D eigenvalue weighted by Gasteiger charge is 2.35. The van der Waals surface area contributed by atoms with Gasteiger partial charge in [0.2, 0.25) is 0 Å². The molecule has 9 heteroatoms. The van der Waals surface area contributed by atoms with Crippen molar-refractivity contribution in [2.75, 3.05) is 0 Å². The molecule has 0 aliphatic rings. The molecule has 3 nitrogen and oxygen atoms in total. The average Bonchev–Trinajstić information content (AvgIpc) is 2.18. The zero-order chi connectivity index (χ0) is 13.2. The number of alkyl halides is 5. The Hall–Kier alpha value is -1.25. The summed E-state index contributed by atoms with van der Waals surface area (Å²) < 4.78 is 63.7. The van der Waals surface area contributed by atoms with Gasteiger partial charge in [-0.3, -0.25) is 4.79 Å². The molecule has 1 rings (SSSR count). The van der Waals surface area contributed by atoms with E-state index < -0.39 is 34.4 Å². The fourth-order valence-corrected chi connectivity index (χ4v) is 1.49. The first-order valence-corrected chi connectivity index (χ1v) is 4.73. The predicted molar refractivity (Wildman–Crippen MR) is 49.0 cm³/mol. The van der Waals surface area contributed by atoms with Gasteiger partial charge in [-0.25, -0.2) is 13.8 Å². The lowest BCUT2D eigenvalue weighted by Crippen LogP contribution is -2.19. The minimum atomic E-state index is -5.13. The molecule has 0 aliphatic carbocycles. The Morgan fingerprint density at radius 1 is 1.41 bits per heavy atom. The van der Waals surface area contributed by atoms with Crippen molar-refractivity contribution in [3.05, 3.63) is 21.9 Å². The summed E-state index contributed by atoms with van der Waals surface area (Å²) in [7, 11) is 0. The van der Waals surface area contributed by atoms with E-state index in [1.165, 1.54) is 0 Å². The first kappa shape index (κ1) is 13.8. The largest absolute Gasteiger partial charge is 0.573 e. The molecular weight excluding hydrogens is 317 g/mol. The van der Waals surface area contributed by atoms with E-state index in [1.54, 1.807) is 0 Å². The number of hydrogen-bond donors (Lipinski definition) is 0.